The fourth-order valence-corrected chi connectivity index (χ4v) is 2.88. The van der Waals surface area contributed by atoms with Crippen LogP contribution in [0.5, 0.6) is 0 Å². The molecular formula is C21H31N3O4. The van der Waals surface area contributed by atoms with E-state index in [1.165, 1.54) is 19.8 Å². The van der Waals surface area contributed by atoms with Crippen molar-refractivity contribution in [1.82, 2.24) is 5.32 Å². The predicted molar refractivity (Wildman–Crippen MR) is 109 cm³/mol. The quantitative estimate of drug-likeness (QED) is 0.731. The zero-order chi connectivity index (χ0) is 20.9. The normalized spacial score (nSPS) is 15.1. The van der Waals surface area contributed by atoms with E-state index >= 15 is 0 Å². The van der Waals surface area contributed by atoms with Gasteiger partial charge in [0.25, 0.3) is 5.91 Å². The van der Waals surface area contributed by atoms with E-state index in [1.54, 1.807) is 20.8 Å². The second kappa shape index (κ2) is 9.08. The number of hydrogen-bond acceptors (Lipinski definition) is 5. The lowest BCUT2D eigenvalue weighted by atomic mass is 9.95. The van der Waals surface area contributed by atoms with Crippen molar-refractivity contribution in [1.29, 1.82) is 0 Å². The maximum Gasteiger partial charge on any atom is 0.328 e. The van der Waals surface area contributed by atoms with Crippen LogP contribution in [0.3, 0.4) is 0 Å². The summed E-state index contributed by atoms with van der Waals surface area (Å²) in [6.07, 6.45) is 2.41. The van der Waals surface area contributed by atoms with Crippen molar-refractivity contribution < 1.29 is 19.1 Å². The third kappa shape index (κ3) is 5.97. The van der Waals surface area contributed by atoms with Gasteiger partial charge >= 0.3 is 5.97 Å². The molecule has 1 fully saturated rings. The Balaban J connectivity index is 1.83. The van der Waals surface area contributed by atoms with Crippen molar-refractivity contribution in [3.63, 3.8) is 0 Å². The molecule has 1 unspecified atom stereocenters. The highest BCUT2D eigenvalue weighted by Crippen LogP contribution is 2.25. The molecule has 0 saturated carbocycles. The zero-order valence-electron chi connectivity index (χ0n) is 17.4. The lowest BCUT2D eigenvalue weighted by Gasteiger charge is -2.21. The number of aryl methyl sites for hydroxylation is 1. The molecule has 0 radical (unpaired) electrons. The van der Waals surface area contributed by atoms with Crippen LogP contribution < -0.4 is 15.5 Å². The van der Waals surface area contributed by atoms with E-state index in [9.17, 15) is 14.4 Å². The number of carbonyl (C=O) groups excluding carboxylic acids is 3. The Morgan fingerprint density at radius 1 is 1.18 bits per heavy atom. The van der Waals surface area contributed by atoms with Crippen LogP contribution in [0.2, 0.25) is 0 Å². The summed E-state index contributed by atoms with van der Waals surface area (Å²) in [6, 6.07) is 5.09. The first-order valence-electron chi connectivity index (χ1n) is 9.71. The molecule has 0 aliphatic carbocycles. The standard InChI is InChI=1S/C21H31N3O4/c1-14-12-16(24-10-6-7-11-24)8-9-17(14)23-18(25)13-28-19(26)15(2)22-20(27)21(3,4)5/h8-9,12,15H,6-7,10-11,13H2,1-5H3,(H,22,27)(H,23,25). The summed E-state index contributed by atoms with van der Waals surface area (Å²) in [5.41, 5.74) is 2.20. The zero-order valence-corrected chi connectivity index (χ0v) is 17.4. The molecule has 1 aromatic rings. The Morgan fingerprint density at radius 3 is 2.39 bits per heavy atom. The summed E-state index contributed by atoms with van der Waals surface area (Å²) in [5.74, 6) is -1.32. The summed E-state index contributed by atoms with van der Waals surface area (Å²) in [5, 5.41) is 5.35. The van der Waals surface area contributed by atoms with E-state index in [1.807, 2.05) is 19.1 Å². The predicted octanol–water partition coefficient (Wildman–Crippen LogP) is 2.63. The first-order chi connectivity index (χ1) is 13.1. The maximum absolute atomic E-state index is 12.1. The highest BCUT2D eigenvalue weighted by atomic mass is 16.5. The van der Waals surface area contributed by atoms with Gasteiger partial charge in [0.1, 0.15) is 6.04 Å². The van der Waals surface area contributed by atoms with Gasteiger partial charge in [0, 0.05) is 29.9 Å². The first kappa shape index (κ1) is 21.7. The van der Waals surface area contributed by atoms with Crippen molar-refractivity contribution in [2.24, 2.45) is 5.41 Å². The van der Waals surface area contributed by atoms with Gasteiger partial charge in [0.2, 0.25) is 5.91 Å². The Hall–Kier alpha value is -2.57. The molecule has 154 valence electrons. The number of nitrogens with zero attached hydrogens (tertiary/aromatic N) is 1. The minimum Gasteiger partial charge on any atom is -0.454 e. The van der Waals surface area contributed by atoms with Gasteiger partial charge in [-0.1, -0.05) is 20.8 Å². The van der Waals surface area contributed by atoms with Crippen LogP contribution >= 0.6 is 0 Å². The highest BCUT2D eigenvalue weighted by Gasteiger charge is 2.26. The number of ether oxygens (including phenoxy) is 1. The summed E-state index contributed by atoms with van der Waals surface area (Å²) >= 11 is 0. The molecule has 7 heteroatoms. The number of esters is 1. The fraction of sp³-hybridized carbons (Fsp3) is 0.571. The molecule has 2 amide bonds. The monoisotopic (exact) mass is 389 g/mol. The van der Waals surface area contributed by atoms with Crippen LogP contribution in [0.1, 0.15) is 46.1 Å². The molecule has 1 saturated heterocycles. The average molecular weight is 389 g/mol. The number of amides is 2. The SMILES string of the molecule is Cc1cc(N2CCCC2)ccc1NC(=O)COC(=O)C(C)NC(=O)C(C)(C)C. The molecule has 2 N–H and O–H groups in total. The highest BCUT2D eigenvalue weighted by molar-refractivity contribution is 5.94. The maximum atomic E-state index is 12.1. The third-order valence-electron chi connectivity index (χ3n) is 4.68. The fourth-order valence-electron chi connectivity index (χ4n) is 2.88. The molecule has 1 aromatic carbocycles. The van der Waals surface area contributed by atoms with Crippen LogP contribution in [0.15, 0.2) is 18.2 Å². The van der Waals surface area contributed by atoms with Crippen molar-refractivity contribution in [3.8, 4) is 0 Å². The lowest BCUT2D eigenvalue weighted by Crippen LogP contribution is -2.45. The molecule has 0 bridgehead atoms. The number of carbonyl (C=O) groups is 3. The van der Waals surface area contributed by atoms with Gasteiger partial charge in [0.05, 0.1) is 0 Å². The van der Waals surface area contributed by atoms with Crippen molar-refractivity contribution in [3.05, 3.63) is 23.8 Å². The van der Waals surface area contributed by atoms with Crippen molar-refractivity contribution in [2.45, 2.75) is 53.5 Å². The molecule has 7 nitrogen and oxygen atoms in total. The number of hydrogen-bond donors (Lipinski definition) is 2. The van der Waals surface area contributed by atoms with E-state index < -0.39 is 29.9 Å². The van der Waals surface area contributed by atoms with Gasteiger partial charge in [-0.25, -0.2) is 4.79 Å². The molecule has 2 rings (SSSR count). The first-order valence-corrected chi connectivity index (χ1v) is 9.71. The number of nitrogens with one attached hydrogen (secondary N) is 2. The Kier molecular flexibility index (Phi) is 7.05. The molecule has 1 atom stereocenters. The lowest BCUT2D eigenvalue weighted by molar-refractivity contribution is -0.150. The van der Waals surface area contributed by atoms with Gasteiger partial charge in [0.15, 0.2) is 6.61 Å². The van der Waals surface area contributed by atoms with E-state index in [0.717, 1.165) is 24.3 Å². The second-order valence-corrected chi connectivity index (χ2v) is 8.29. The van der Waals surface area contributed by atoms with Crippen LogP contribution in [0.4, 0.5) is 11.4 Å². The third-order valence-corrected chi connectivity index (χ3v) is 4.68. The molecule has 0 aromatic heterocycles. The summed E-state index contributed by atoms with van der Waals surface area (Å²) in [4.78, 5) is 38.4. The molecular weight excluding hydrogens is 358 g/mol. The van der Waals surface area contributed by atoms with Crippen LogP contribution in [-0.4, -0.2) is 43.5 Å². The number of rotatable bonds is 6. The van der Waals surface area contributed by atoms with Crippen LogP contribution in [0.25, 0.3) is 0 Å². The van der Waals surface area contributed by atoms with Crippen molar-refractivity contribution >= 4 is 29.2 Å². The Labute approximate surface area is 166 Å². The number of benzene rings is 1. The molecule has 1 heterocycles. The minimum atomic E-state index is -0.819. The van der Waals surface area contributed by atoms with E-state index in [0.29, 0.717) is 5.69 Å². The van der Waals surface area contributed by atoms with Crippen LogP contribution in [-0.2, 0) is 19.1 Å². The van der Waals surface area contributed by atoms with E-state index in [-0.39, 0.29) is 5.91 Å². The topological polar surface area (TPSA) is 87.7 Å². The molecule has 1 aliphatic rings. The minimum absolute atomic E-state index is 0.255. The van der Waals surface area contributed by atoms with Gasteiger partial charge in [-0.05, 0) is 50.5 Å². The van der Waals surface area contributed by atoms with E-state index in [4.69, 9.17) is 4.74 Å². The van der Waals surface area contributed by atoms with Crippen molar-refractivity contribution in [2.75, 3.05) is 29.9 Å². The summed E-state index contributed by atoms with van der Waals surface area (Å²) in [7, 11) is 0. The Morgan fingerprint density at radius 2 is 1.82 bits per heavy atom. The van der Waals surface area contributed by atoms with Gasteiger partial charge in [-0.3, -0.25) is 9.59 Å². The number of anilines is 2. The average Bonchev–Trinajstić information content (AvgIpc) is 3.15. The molecule has 28 heavy (non-hydrogen) atoms. The van der Waals surface area contributed by atoms with Gasteiger partial charge < -0.3 is 20.3 Å². The Bertz CT molecular complexity index is 734. The second-order valence-electron chi connectivity index (χ2n) is 8.29. The summed E-state index contributed by atoms with van der Waals surface area (Å²) in [6.45, 7) is 10.5. The van der Waals surface area contributed by atoms with Gasteiger partial charge in [-0.2, -0.15) is 0 Å². The molecule has 0 spiro atoms. The van der Waals surface area contributed by atoms with E-state index in [2.05, 4.69) is 21.6 Å². The smallest absolute Gasteiger partial charge is 0.328 e. The largest absolute Gasteiger partial charge is 0.454 e. The molecule has 1 aliphatic heterocycles. The van der Waals surface area contributed by atoms with Gasteiger partial charge in [-0.15, -0.1) is 0 Å². The summed E-state index contributed by atoms with van der Waals surface area (Å²) < 4.78 is 5.02. The van der Waals surface area contributed by atoms with Crippen LogP contribution in [0, 0.1) is 12.3 Å².